The van der Waals surface area contributed by atoms with Crippen molar-refractivity contribution in [2.24, 2.45) is 0 Å². The summed E-state index contributed by atoms with van der Waals surface area (Å²) in [5.74, 6) is 0. The van der Waals surface area contributed by atoms with E-state index in [1.165, 1.54) is 0 Å². The van der Waals surface area contributed by atoms with E-state index in [9.17, 15) is 0 Å². The second kappa shape index (κ2) is 6.13. The van der Waals surface area contributed by atoms with Crippen LogP contribution in [-0.2, 0) is 0 Å². The van der Waals surface area contributed by atoms with Crippen LogP contribution in [0.2, 0.25) is 0 Å². The van der Waals surface area contributed by atoms with Crippen LogP contribution in [-0.4, -0.2) is 43.5 Å². The van der Waals surface area contributed by atoms with Gasteiger partial charge in [0.05, 0.1) is 0 Å². The molecular formula is C7H17BrN2. The van der Waals surface area contributed by atoms with Crippen LogP contribution >= 0.6 is 15.9 Å². The summed E-state index contributed by atoms with van der Waals surface area (Å²) < 4.78 is 0. The lowest BCUT2D eigenvalue weighted by Crippen LogP contribution is -2.33. The summed E-state index contributed by atoms with van der Waals surface area (Å²) in [6.07, 6.45) is 0. The van der Waals surface area contributed by atoms with Crippen LogP contribution in [0.1, 0.15) is 6.92 Å². The molecule has 2 nitrogen and oxygen atoms in total. The minimum atomic E-state index is 0.583. The molecule has 0 aliphatic carbocycles. The third-order valence-corrected chi connectivity index (χ3v) is 2.25. The standard InChI is InChI=1S/C7H17BrN2/c1-7(6-8)9-4-5-10(2)3/h7,9H,4-6H2,1-3H3. The van der Waals surface area contributed by atoms with E-state index in [0.29, 0.717) is 6.04 Å². The van der Waals surface area contributed by atoms with Crippen molar-refractivity contribution in [2.45, 2.75) is 13.0 Å². The molecule has 0 saturated heterocycles. The second-order valence-electron chi connectivity index (χ2n) is 2.81. The predicted octanol–water partition coefficient (Wildman–Crippen LogP) is 0.921. The zero-order valence-corrected chi connectivity index (χ0v) is 8.61. The van der Waals surface area contributed by atoms with Gasteiger partial charge in [-0.15, -0.1) is 0 Å². The molecule has 0 aromatic heterocycles. The summed E-state index contributed by atoms with van der Waals surface area (Å²) in [6, 6.07) is 0.583. The fourth-order valence-corrected chi connectivity index (χ4v) is 0.818. The molecule has 1 N–H and O–H groups in total. The molecule has 0 heterocycles. The second-order valence-corrected chi connectivity index (χ2v) is 3.46. The molecule has 0 aliphatic rings. The monoisotopic (exact) mass is 208 g/mol. The number of rotatable bonds is 5. The molecule has 1 unspecified atom stereocenters. The van der Waals surface area contributed by atoms with Crippen molar-refractivity contribution < 1.29 is 0 Å². The average Bonchev–Trinajstić information content (AvgIpc) is 1.87. The summed E-state index contributed by atoms with van der Waals surface area (Å²) in [5.41, 5.74) is 0. The van der Waals surface area contributed by atoms with Gasteiger partial charge >= 0.3 is 0 Å². The molecule has 10 heavy (non-hydrogen) atoms. The Kier molecular flexibility index (Phi) is 6.38. The van der Waals surface area contributed by atoms with Crippen LogP contribution in [0, 0.1) is 0 Å². The van der Waals surface area contributed by atoms with E-state index in [0.717, 1.165) is 18.4 Å². The highest BCUT2D eigenvalue weighted by molar-refractivity contribution is 9.09. The van der Waals surface area contributed by atoms with Crippen molar-refractivity contribution in [1.82, 2.24) is 10.2 Å². The van der Waals surface area contributed by atoms with Gasteiger partial charge in [0, 0.05) is 24.5 Å². The molecule has 0 aromatic rings. The molecule has 0 aliphatic heterocycles. The Hall–Kier alpha value is 0.400. The highest BCUT2D eigenvalue weighted by atomic mass is 79.9. The molecule has 0 spiro atoms. The Morgan fingerprint density at radius 3 is 2.50 bits per heavy atom. The fraction of sp³-hybridized carbons (Fsp3) is 1.00. The number of nitrogens with zero attached hydrogens (tertiary/aromatic N) is 1. The molecule has 0 radical (unpaired) electrons. The fourth-order valence-electron chi connectivity index (χ4n) is 0.589. The minimum absolute atomic E-state index is 0.583. The Bertz CT molecular complexity index is 76.0. The average molecular weight is 209 g/mol. The van der Waals surface area contributed by atoms with Crippen molar-refractivity contribution in [3.8, 4) is 0 Å². The number of nitrogens with one attached hydrogen (secondary N) is 1. The van der Waals surface area contributed by atoms with Crippen molar-refractivity contribution in [2.75, 3.05) is 32.5 Å². The van der Waals surface area contributed by atoms with Crippen LogP contribution in [0.3, 0.4) is 0 Å². The molecule has 1 atom stereocenters. The molecule has 62 valence electrons. The maximum atomic E-state index is 3.41. The molecule has 0 bridgehead atoms. The van der Waals surface area contributed by atoms with Gasteiger partial charge in [-0.05, 0) is 21.0 Å². The van der Waals surface area contributed by atoms with Gasteiger partial charge in [0.25, 0.3) is 0 Å². The Morgan fingerprint density at radius 1 is 1.50 bits per heavy atom. The lowest BCUT2D eigenvalue weighted by molar-refractivity contribution is 0.392. The zero-order chi connectivity index (χ0) is 7.98. The maximum absolute atomic E-state index is 3.41. The first-order valence-corrected chi connectivity index (χ1v) is 4.73. The number of halogens is 1. The van der Waals surface area contributed by atoms with E-state index < -0.39 is 0 Å². The lowest BCUT2D eigenvalue weighted by Gasteiger charge is -2.13. The van der Waals surface area contributed by atoms with E-state index in [-0.39, 0.29) is 0 Å². The Labute approximate surface area is 72.1 Å². The van der Waals surface area contributed by atoms with Gasteiger partial charge in [-0.25, -0.2) is 0 Å². The summed E-state index contributed by atoms with van der Waals surface area (Å²) in [6.45, 7) is 4.35. The van der Waals surface area contributed by atoms with Gasteiger partial charge in [-0.1, -0.05) is 15.9 Å². The summed E-state index contributed by atoms with van der Waals surface area (Å²) in [5, 5.41) is 4.40. The van der Waals surface area contributed by atoms with E-state index in [4.69, 9.17) is 0 Å². The Morgan fingerprint density at radius 2 is 2.10 bits per heavy atom. The first kappa shape index (κ1) is 10.4. The van der Waals surface area contributed by atoms with Crippen molar-refractivity contribution >= 4 is 15.9 Å². The third kappa shape index (κ3) is 6.52. The molecular weight excluding hydrogens is 192 g/mol. The molecule has 0 rings (SSSR count). The maximum Gasteiger partial charge on any atom is 0.0183 e. The highest BCUT2D eigenvalue weighted by Gasteiger charge is 1.96. The zero-order valence-electron chi connectivity index (χ0n) is 7.02. The predicted molar refractivity (Wildman–Crippen MR) is 49.8 cm³/mol. The molecule has 3 heteroatoms. The molecule has 0 amide bonds. The normalized spacial score (nSPS) is 14.1. The number of likely N-dealkylation sites (N-methyl/N-ethyl adjacent to an activating group) is 1. The number of hydrogen-bond donors (Lipinski definition) is 1. The van der Waals surface area contributed by atoms with Crippen molar-refractivity contribution in [3.63, 3.8) is 0 Å². The first-order chi connectivity index (χ1) is 4.66. The molecule has 0 aromatic carbocycles. The van der Waals surface area contributed by atoms with Crippen LogP contribution in [0.4, 0.5) is 0 Å². The largest absolute Gasteiger partial charge is 0.312 e. The van der Waals surface area contributed by atoms with E-state index in [1.807, 2.05) is 0 Å². The van der Waals surface area contributed by atoms with Crippen LogP contribution in [0.15, 0.2) is 0 Å². The van der Waals surface area contributed by atoms with Crippen LogP contribution in [0.5, 0.6) is 0 Å². The highest BCUT2D eigenvalue weighted by Crippen LogP contribution is 1.87. The number of hydrogen-bond acceptors (Lipinski definition) is 2. The first-order valence-electron chi connectivity index (χ1n) is 3.61. The quantitative estimate of drug-likeness (QED) is 0.677. The third-order valence-electron chi connectivity index (χ3n) is 1.28. The van der Waals surface area contributed by atoms with Gasteiger partial charge in [-0.2, -0.15) is 0 Å². The summed E-state index contributed by atoms with van der Waals surface area (Å²) in [4.78, 5) is 2.17. The van der Waals surface area contributed by atoms with Crippen molar-refractivity contribution in [1.29, 1.82) is 0 Å². The smallest absolute Gasteiger partial charge is 0.0183 e. The summed E-state index contributed by atoms with van der Waals surface area (Å²) in [7, 11) is 4.17. The SMILES string of the molecule is CC(CBr)NCCN(C)C. The minimum Gasteiger partial charge on any atom is -0.312 e. The van der Waals surface area contributed by atoms with Crippen LogP contribution in [0.25, 0.3) is 0 Å². The van der Waals surface area contributed by atoms with Gasteiger partial charge in [0.15, 0.2) is 0 Å². The van der Waals surface area contributed by atoms with Gasteiger partial charge in [0.2, 0.25) is 0 Å². The van der Waals surface area contributed by atoms with Crippen molar-refractivity contribution in [3.05, 3.63) is 0 Å². The lowest BCUT2D eigenvalue weighted by atomic mass is 10.4. The number of alkyl halides is 1. The van der Waals surface area contributed by atoms with Gasteiger partial charge in [0.1, 0.15) is 0 Å². The van der Waals surface area contributed by atoms with E-state index >= 15 is 0 Å². The van der Waals surface area contributed by atoms with Gasteiger partial charge in [-0.3, -0.25) is 0 Å². The van der Waals surface area contributed by atoms with Crippen LogP contribution < -0.4 is 5.32 Å². The topological polar surface area (TPSA) is 15.3 Å². The van der Waals surface area contributed by atoms with E-state index in [2.05, 4.69) is 47.2 Å². The molecule has 0 fully saturated rings. The van der Waals surface area contributed by atoms with E-state index in [1.54, 1.807) is 0 Å². The van der Waals surface area contributed by atoms with Gasteiger partial charge < -0.3 is 10.2 Å². The molecule has 0 saturated carbocycles. The Balaban J connectivity index is 3.03. The summed E-state index contributed by atoms with van der Waals surface area (Å²) >= 11 is 3.41.